The van der Waals surface area contributed by atoms with E-state index in [0.29, 0.717) is 13.2 Å². The maximum Gasteiger partial charge on any atom is 0.162 e. The van der Waals surface area contributed by atoms with Gasteiger partial charge in [-0.2, -0.15) is 0 Å². The van der Waals surface area contributed by atoms with E-state index in [1.54, 1.807) is 6.08 Å². The standard InChI is InChI=1S/C36H34O3P/c1-4-25-37-35-24-23-32(38-27-29-17-21-31(22-18-29)39-30-19-15-28(2)16-20-30)26-36(35)40(3,33-11-7-5-8-12-33)34-13-9-6-10-14-34/h4-24,26H,1,25,27H2,2-3H3/q+1. The quantitative estimate of drug-likeness (QED) is 0.125. The van der Waals surface area contributed by atoms with Crippen LogP contribution < -0.4 is 30.1 Å². The second-order valence-electron chi connectivity index (χ2n) is 9.75. The summed E-state index contributed by atoms with van der Waals surface area (Å²) in [6, 6.07) is 43.6. The Balaban J connectivity index is 1.42. The zero-order valence-electron chi connectivity index (χ0n) is 23.0. The van der Waals surface area contributed by atoms with Crippen LogP contribution in [0.15, 0.2) is 140 Å². The van der Waals surface area contributed by atoms with Crippen molar-refractivity contribution in [2.24, 2.45) is 0 Å². The smallest absolute Gasteiger partial charge is 0.162 e. The Bertz CT molecular complexity index is 1490. The summed E-state index contributed by atoms with van der Waals surface area (Å²) in [5.41, 5.74) is 2.27. The molecule has 200 valence electrons. The van der Waals surface area contributed by atoms with E-state index in [4.69, 9.17) is 14.2 Å². The average molecular weight is 546 g/mol. The number of aryl methyl sites for hydroxylation is 1. The molecule has 5 rings (SSSR count). The van der Waals surface area contributed by atoms with Crippen LogP contribution in [0.3, 0.4) is 0 Å². The van der Waals surface area contributed by atoms with E-state index in [-0.39, 0.29) is 0 Å². The highest BCUT2D eigenvalue weighted by Crippen LogP contribution is 2.54. The van der Waals surface area contributed by atoms with Crippen LogP contribution in [0.4, 0.5) is 0 Å². The third kappa shape index (κ3) is 6.28. The van der Waals surface area contributed by atoms with Gasteiger partial charge < -0.3 is 14.2 Å². The monoisotopic (exact) mass is 545 g/mol. The molecular formula is C36H34O3P+. The molecule has 0 saturated heterocycles. The lowest BCUT2D eigenvalue weighted by Crippen LogP contribution is -2.31. The maximum absolute atomic E-state index is 6.33. The first-order valence-corrected chi connectivity index (χ1v) is 15.6. The van der Waals surface area contributed by atoms with Crippen molar-refractivity contribution in [3.05, 3.63) is 151 Å². The van der Waals surface area contributed by atoms with Crippen molar-refractivity contribution < 1.29 is 14.2 Å². The molecule has 0 heterocycles. The van der Waals surface area contributed by atoms with Gasteiger partial charge in [-0.05, 0) is 73.2 Å². The van der Waals surface area contributed by atoms with Gasteiger partial charge in [0.05, 0.1) is 6.66 Å². The van der Waals surface area contributed by atoms with Crippen LogP contribution in [-0.2, 0) is 6.61 Å². The van der Waals surface area contributed by atoms with Crippen molar-refractivity contribution in [2.75, 3.05) is 13.3 Å². The van der Waals surface area contributed by atoms with Gasteiger partial charge in [0.2, 0.25) is 0 Å². The van der Waals surface area contributed by atoms with Gasteiger partial charge in [0.25, 0.3) is 0 Å². The number of hydrogen-bond donors (Lipinski definition) is 0. The van der Waals surface area contributed by atoms with E-state index in [0.717, 1.165) is 33.9 Å². The third-order valence-electron chi connectivity index (χ3n) is 6.90. The van der Waals surface area contributed by atoms with Gasteiger partial charge in [-0.15, -0.1) is 0 Å². The molecule has 0 aliphatic carbocycles. The molecule has 0 bridgehead atoms. The highest BCUT2D eigenvalue weighted by molar-refractivity contribution is 7.95. The van der Waals surface area contributed by atoms with Crippen molar-refractivity contribution in [3.8, 4) is 23.0 Å². The Hall–Kier alpha value is -4.33. The highest BCUT2D eigenvalue weighted by Gasteiger charge is 2.43. The Morgan fingerprint density at radius 3 is 1.77 bits per heavy atom. The van der Waals surface area contributed by atoms with Crippen LogP contribution >= 0.6 is 7.26 Å². The molecule has 0 aliphatic heterocycles. The highest BCUT2D eigenvalue weighted by atomic mass is 31.2. The van der Waals surface area contributed by atoms with E-state index in [2.05, 4.69) is 86.9 Å². The van der Waals surface area contributed by atoms with E-state index in [9.17, 15) is 0 Å². The van der Waals surface area contributed by atoms with Crippen LogP contribution in [0.25, 0.3) is 0 Å². The van der Waals surface area contributed by atoms with E-state index >= 15 is 0 Å². The van der Waals surface area contributed by atoms with Crippen LogP contribution in [0.2, 0.25) is 0 Å². The van der Waals surface area contributed by atoms with Gasteiger partial charge in [-0.3, -0.25) is 0 Å². The molecule has 0 fully saturated rings. The third-order valence-corrected chi connectivity index (χ3v) is 10.9. The summed E-state index contributed by atoms with van der Waals surface area (Å²) in [6.07, 6.45) is 1.78. The summed E-state index contributed by atoms with van der Waals surface area (Å²) in [5.74, 6) is 3.28. The molecule has 0 amide bonds. The van der Waals surface area contributed by atoms with E-state index in [1.807, 2.05) is 60.7 Å². The predicted molar refractivity (Wildman–Crippen MR) is 169 cm³/mol. The Morgan fingerprint density at radius 1 is 0.650 bits per heavy atom. The molecule has 5 aromatic rings. The zero-order chi connectivity index (χ0) is 27.8. The SMILES string of the molecule is C=CCOc1ccc(OCc2ccc(Oc3ccc(C)cc3)cc2)cc1[P+](C)(c1ccccc1)c1ccccc1. The normalized spacial score (nSPS) is 11.1. The minimum Gasteiger partial charge on any atom is -0.489 e. The van der Waals surface area contributed by atoms with Crippen molar-refractivity contribution in [3.63, 3.8) is 0 Å². The average Bonchev–Trinajstić information content (AvgIpc) is 3.01. The lowest BCUT2D eigenvalue weighted by molar-refractivity contribution is 0.305. The van der Waals surface area contributed by atoms with Gasteiger partial charge >= 0.3 is 0 Å². The molecule has 0 spiro atoms. The largest absolute Gasteiger partial charge is 0.489 e. The summed E-state index contributed by atoms with van der Waals surface area (Å²) in [4.78, 5) is 0. The van der Waals surface area contributed by atoms with Crippen molar-refractivity contribution in [1.82, 2.24) is 0 Å². The van der Waals surface area contributed by atoms with Crippen LogP contribution in [0.5, 0.6) is 23.0 Å². The van der Waals surface area contributed by atoms with Crippen molar-refractivity contribution >= 4 is 23.2 Å². The van der Waals surface area contributed by atoms with Gasteiger partial charge in [-0.25, -0.2) is 0 Å². The number of ether oxygens (including phenoxy) is 3. The lowest BCUT2D eigenvalue weighted by Gasteiger charge is -2.25. The van der Waals surface area contributed by atoms with Gasteiger partial charge in [0.15, 0.2) is 5.75 Å². The molecule has 3 nitrogen and oxygen atoms in total. The fourth-order valence-electron chi connectivity index (χ4n) is 4.65. The summed E-state index contributed by atoms with van der Waals surface area (Å²) < 4.78 is 18.5. The van der Waals surface area contributed by atoms with Gasteiger partial charge in [0, 0.05) is 6.07 Å². The summed E-state index contributed by atoms with van der Waals surface area (Å²) >= 11 is 0. The van der Waals surface area contributed by atoms with Gasteiger partial charge in [-0.1, -0.05) is 78.9 Å². The molecule has 40 heavy (non-hydrogen) atoms. The maximum atomic E-state index is 6.33. The number of rotatable bonds is 11. The molecule has 0 unspecified atom stereocenters. The zero-order valence-corrected chi connectivity index (χ0v) is 23.9. The second-order valence-corrected chi connectivity index (χ2v) is 13.3. The molecular weight excluding hydrogens is 511 g/mol. The molecule has 0 saturated carbocycles. The minimum atomic E-state index is -2.03. The fourth-order valence-corrected chi connectivity index (χ4v) is 8.01. The number of hydrogen-bond acceptors (Lipinski definition) is 3. The second kappa shape index (κ2) is 12.7. The molecule has 0 radical (unpaired) electrons. The Morgan fingerprint density at radius 2 is 1.20 bits per heavy atom. The van der Waals surface area contributed by atoms with E-state index < -0.39 is 7.26 Å². The predicted octanol–water partition coefficient (Wildman–Crippen LogP) is 7.85. The van der Waals surface area contributed by atoms with Crippen LogP contribution in [0, 0.1) is 6.92 Å². The van der Waals surface area contributed by atoms with Crippen molar-refractivity contribution in [2.45, 2.75) is 13.5 Å². The number of benzene rings is 5. The molecule has 5 aromatic carbocycles. The Labute approximate surface area is 238 Å². The molecule has 0 atom stereocenters. The van der Waals surface area contributed by atoms with Crippen LogP contribution in [0.1, 0.15) is 11.1 Å². The summed E-state index contributed by atoms with van der Waals surface area (Å²) in [5, 5.41) is 3.71. The molecule has 0 aromatic heterocycles. The summed E-state index contributed by atoms with van der Waals surface area (Å²) in [6.45, 7) is 9.15. The van der Waals surface area contributed by atoms with E-state index in [1.165, 1.54) is 16.2 Å². The molecule has 0 aliphatic rings. The topological polar surface area (TPSA) is 27.7 Å². The first-order valence-electron chi connectivity index (χ1n) is 13.4. The first-order chi connectivity index (χ1) is 19.6. The first kappa shape index (κ1) is 27.2. The lowest BCUT2D eigenvalue weighted by atomic mass is 10.2. The minimum absolute atomic E-state index is 0.438. The molecule has 0 N–H and O–H groups in total. The fraction of sp³-hybridized carbons (Fsp3) is 0.111. The molecule has 4 heteroatoms. The van der Waals surface area contributed by atoms with Gasteiger partial charge in [0.1, 0.15) is 53.6 Å². The Kier molecular flexibility index (Phi) is 8.64. The van der Waals surface area contributed by atoms with Crippen LogP contribution in [-0.4, -0.2) is 13.3 Å². The van der Waals surface area contributed by atoms with Crippen molar-refractivity contribution in [1.29, 1.82) is 0 Å². The summed E-state index contributed by atoms with van der Waals surface area (Å²) in [7, 11) is -2.03.